The van der Waals surface area contributed by atoms with Gasteiger partial charge in [-0.15, -0.1) is 11.3 Å². The molecule has 2 amide bonds. The summed E-state index contributed by atoms with van der Waals surface area (Å²) in [6.45, 7) is 2.54. The van der Waals surface area contributed by atoms with Crippen LogP contribution in [0.1, 0.15) is 30.3 Å². The zero-order valence-corrected chi connectivity index (χ0v) is 12.0. The van der Waals surface area contributed by atoms with E-state index >= 15 is 0 Å². The number of thiazole rings is 1. The molecule has 1 saturated heterocycles. The second kappa shape index (κ2) is 6.29. The van der Waals surface area contributed by atoms with Gasteiger partial charge in [-0.25, -0.2) is 4.98 Å². The molecule has 0 aromatic carbocycles. The summed E-state index contributed by atoms with van der Waals surface area (Å²) in [5.74, 6) is -0.597. The fourth-order valence-electron chi connectivity index (χ4n) is 1.85. The average Bonchev–Trinajstić information content (AvgIpc) is 2.85. The minimum absolute atomic E-state index is 0.169. The lowest BCUT2D eigenvalue weighted by molar-refractivity contribution is -0.114. The number of nitrogens with zero attached hydrogens (tertiary/aromatic N) is 1. The van der Waals surface area contributed by atoms with Crippen LogP contribution in [0.25, 0.3) is 0 Å². The van der Waals surface area contributed by atoms with E-state index in [9.17, 15) is 14.7 Å². The molecule has 2 rings (SSSR count). The van der Waals surface area contributed by atoms with Crippen molar-refractivity contribution in [3.63, 3.8) is 0 Å². The molecular weight excluding hydrogens is 282 g/mol. The molecular formula is C12H17N3O4S. The van der Waals surface area contributed by atoms with E-state index in [1.807, 2.05) is 0 Å². The van der Waals surface area contributed by atoms with Crippen molar-refractivity contribution in [2.24, 2.45) is 0 Å². The molecule has 0 bridgehead atoms. The largest absolute Gasteiger partial charge is 0.388 e. The van der Waals surface area contributed by atoms with E-state index in [-0.39, 0.29) is 24.1 Å². The lowest BCUT2D eigenvalue weighted by atomic mass is 9.94. The Labute approximate surface area is 120 Å². The normalized spacial score (nSPS) is 17.5. The summed E-state index contributed by atoms with van der Waals surface area (Å²) < 4.78 is 5.17. The summed E-state index contributed by atoms with van der Waals surface area (Å²) in [6.07, 6.45) is 1.00. The smallest absolute Gasteiger partial charge is 0.270 e. The van der Waals surface area contributed by atoms with Crippen molar-refractivity contribution in [2.45, 2.75) is 25.4 Å². The number of hydrogen-bond donors (Lipinski definition) is 3. The summed E-state index contributed by atoms with van der Waals surface area (Å²) in [4.78, 5) is 26.8. The van der Waals surface area contributed by atoms with Crippen LogP contribution in [-0.4, -0.2) is 47.3 Å². The zero-order valence-electron chi connectivity index (χ0n) is 11.1. The van der Waals surface area contributed by atoms with Gasteiger partial charge < -0.3 is 20.5 Å². The Bertz CT molecular complexity index is 497. The highest BCUT2D eigenvalue weighted by Crippen LogP contribution is 2.20. The number of anilines is 1. The second-order valence-corrected chi connectivity index (χ2v) is 5.60. The maximum absolute atomic E-state index is 11.9. The third-order valence-corrected chi connectivity index (χ3v) is 3.78. The molecule has 0 saturated carbocycles. The van der Waals surface area contributed by atoms with Crippen molar-refractivity contribution in [2.75, 3.05) is 25.1 Å². The van der Waals surface area contributed by atoms with Crippen molar-refractivity contribution in [1.82, 2.24) is 10.3 Å². The van der Waals surface area contributed by atoms with E-state index in [1.54, 1.807) is 5.38 Å². The first kappa shape index (κ1) is 14.9. The number of carbonyl (C=O) groups is 2. The van der Waals surface area contributed by atoms with Gasteiger partial charge in [0.15, 0.2) is 5.13 Å². The van der Waals surface area contributed by atoms with Crippen LogP contribution in [0.2, 0.25) is 0 Å². The standard InChI is InChI=1S/C12H17N3O4S/c1-8(16)14-11-15-9(6-20-11)10(17)13-7-12(18)2-4-19-5-3-12/h6,18H,2-5,7H2,1H3,(H,13,17)(H,14,15,16). The van der Waals surface area contributed by atoms with Gasteiger partial charge in [-0.2, -0.15) is 0 Å². The molecule has 1 fully saturated rings. The quantitative estimate of drug-likeness (QED) is 0.746. The Morgan fingerprint density at radius 1 is 1.50 bits per heavy atom. The monoisotopic (exact) mass is 299 g/mol. The molecule has 8 heteroatoms. The highest BCUT2D eigenvalue weighted by molar-refractivity contribution is 7.14. The van der Waals surface area contributed by atoms with Crippen LogP contribution in [0.3, 0.4) is 0 Å². The average molecular weight is 299 g/mol. The highest BCUT2D eigenvalue weighted by atomic mass is 32.1. The van der Waals surface area contributed by atoms with E-state index in [2.05, 4.69) is 15.6 Å². The van der Waals surface area contributed by atoms with Gasteiger partial charge in [0.2, 0.25) is 5.91 Å². The predicted molar refractivity (Wildman–Crippen MR) is 73.8 cm³/mol. The topological polar surface area (TPSA) is 101 Å². The number of rotatable bonds is 4. The Kier molecular flexibility index (Phi) is 4.69. The first-order valence-electron chi connectivity index (χ1n) is 6.30. The Hall–Kier alpha value is -1.51. The van der Waals surface area contributed by atoms with Gasteiger partial charge in [-0.3, -0.25) is 9.59 Å². The molecule has 2 heterocycles. The first-order valence-corrected chi connectivity index (χ1v) is 7.18. The van der Waals surface area contributed by atoms with Crippen LogP contribution < -0.4 is 10.6 Å². The molecule has 110 valence electrons. The van der Waals surface area contributed by atoms with Crippen molar-refractivity contribution >= 4 is 28.3 Å². The molecule has 0 radical (unpaired) electrons. The number of amides is 2. The fourth-order valence-corrected chi connectivity index (χ4v) is 2.59. The van der Waals surface area contributed by atoms with Gasteiger partial charge in [0.1, 0.15) is 5.69 Å². The maximum atomic E-state index is 11.9. The highest BCUT2D eigenvalue weighted by Gasteiger charge is 2.30. The minimum Gasteiger partial charge on any atom is -0.388 e. The van der Waals surface area contributed by atoms with Crippen molar-refractivity contribution in [1.29, 1.82) is 0 Å². The van der Waals surface area contributed by atoms with Gasteiger partial charge >= 0.3 is 0 Å². The molecule has 7 nitrogen and oxygen atoms in total. The van der Waals surface area contributed by atoms with Gasteiger partial charge in [0, 0.05) is 44.9 Å². The van der Waals surface area contributed by atoms with Crippen molar-refractivity contribution < 1.29 is 19.4 Å². The van der Waals surface area contributed by atoms with Gasteiger partial charge in [0.25, 0.3) is 5.91 Å². The molecule has 1 aromatic heterocycles. The lowest BCUT2D eigenvalue weighted by Crippen LogP contribution is -2.46. The maximum Gasteiger partial charge on any atom is 0.270 e. The van der Waals surface area contributed by atoms with Crippen LogP contribution in [0, 0.1) is 0 Å². The molecule has 0 aliphatic carbocycles. The van der Waals surface area contributed by atoms with E-state index in [4.69, 9.17) is 4.74 Å². The second-order valence-electron chi connectivity index (χ2n) is 4.74. The van der Waals surface area contributed by atoms with Crippen molar-refractivity contribution in [3.05, 3.63) is 11.1 Å². The summed E-state index contributed by atoms with van der Waals surface area (Å²) in [5.41, 5.74) is -0.681. The van der Waals surface area contributed by atoms with Crippen LogP contribution in [0.15, 0.2) is 5.38 Å². The fraction of sp³-hybridized carbons (Fsp3) is 0.583. The molecule has 0 unspecified atom stereocenters. The van der Waals surface area contributed by atoms with Crippen LogP contribution >= 0.6 is 11.3 Å². The first-order chi connectivity index (χ1) is 9.48. The van der Waals surface area contributed by atoms with Crippen molar-refractivity contribution in [3.8, 4) is 0 Å². The van der Waals surface area contributed by atoms with Crippen LogP contribution in [0.4, 0.5) is 5.13 Å². The van der Waals surface area contributed by atoms with E-state index in [0.717, 1.165) is 0 Å². The Balaban J connectivity index is 1.88. The van der Waals surface area contributed by atoms with Crippen LogP contribution in [-0.2, 0) is 9.53 Å². The Morgan fingerprint density at radius 3 is 2.85 bits per heavy atom. The lowest BCUT2D eigenvalue weighted by Gasteiger charge is -2.31. The number of carbonyl (C=O) groups excluding carboxylic acids is 2. The molecule has 20 heavy (non-hydrogen) atoms. The van der Waals surface area contributed by atoms with Gasteiger partial charge in [-0.1, -0.05) is 0 Å². The summed E-state index contributed by atoms with van der Waals surface area (Å²) >= 11 is 1.18. The van der Waals surface area contributed by atoms with E-state index in [1.165, 1.54) is 18.3 Å². The number of aromatic nitrogens is 1. The van der Waals surface area contributed by atoms with E-state index in [0.29, 0.717) is 31.2 Å². The van der Waals surface area contributed by atoms with Gasteiger partial charge in [0.05, 0.1) is 5.60 Å². The molecule has 0 atom stereocenters. The summed E-state index contributed by atoms with van der Waals surface area (Å²) in [6, 6.07) is 0. The molecule has 1 aliphatic heterocycles. The summed E-state index contributed by atoms with van der Waals surface area (Å²) in [5, 5.41) is 17.3. The predicted octanol–water partition coefficient (Wildman–Crippen LogP) is 0.373. The molecule has 3 N–H and O–H groups in total. The third-order valence-electron chi connectivity index (χ3n) is 3.02. The molecule has 1 aromatic rings. The zero-order chi connectivity index (χ0) is 14.6. The number of hydrogen-bond acceptors (Lipinski definition) is 6. The number of ether oxygens (including phenoxy) is 1. The number of nitrogens with one attached hydrogen (secondary N) is 2. The Morgan fingerprint density at radius 2 is 2.20 bits per heavy atom. The molecule has 1 aliphatic rings. The van der Waals surface area contributed by atoms with E-state index < -0.39 is 5.60 Å². The van der Waals surface area contributed by atoms with Gasteiger partial charge in [-0.05, 0) is 0 Å². The molecule has 0 spiro atoms. The summed E-state index contributed by atoms with van der Waals surface area (Å²) in [7, 11) is 0. The van der Waals surface area contributed by atoms with Crippen LogP contribution in [0.5, 0.6) is 0 Å². The minimum atomic E-state index is -0.912. The SMILES string of the molecule is CC(=O)Nc1nc(C(=O)NCC2(O)CCOCC2)cs1. The number of aliphatic hydroxyl groups is 1. The third kappa shape index (κ3) is 3.99.